The van der Waals surface area contributed by atoms with E-state index in [4.69, 9.17) is 19.7 Å². The van der Waals surface area contributed by atoms with Gasteiger partial charge in [0.05, 0.1) is 31.9 Å². The van der Waals surface area contributed by atoms with Gasteiger partial charge < -0.3 is 34.8 Å². The molecule has 1 amide bonds. The van der Waals surface area contributed by atoms with Crippen LogP contribution in [0.4, 0.5) is 4.79 Å². The van der Waals surface area contributed by atoms with Crippen LogP contribution >= 0.6 is 11.8 Å². The van der Waals surface area contributed by atoms with E-state index in [0.717, 1.165) is 24.4 Å². The number of azide groups is 1. The van der Waals surface area contributed by atoms with Crippen molar-refractivity contribution in [3.63, 3.8) is 0 Å². The van der Waals surface area contributed by atoms with E-state index < -0.39 is 59.6 Å². The minimum Gasteiger partial charge on any atom is -0.466 e. The zero-order chi connectivity index (χ0) is 26.4. The van der Waals surface area contributed by atoms with Crippen molar-refractivity contribution in [3.05, 3.63) is 40.3 Å². The fraction of sp³-hybridized carbons (Fsp3) is 0.636. The van der Waals surface area contributed by atoms with Crippen LogP contribution in [-0.2, 0) is 19.0 Å². The molecule has 13 heteroatoms. The van der Waals surface area contributed by atoms with Gasteiger partial charge >= 0.3 is 12.1 Å². The molecule has 0 saturated carbocycles. The Labute approximate surface area is 207 Å². The predicted octanol–water partition coefficient (Wildman–Crippen LogP) is 2.03. The molecule has 6 atom stereocenters. The lowest BCUT2D eigenvalue weighted by atomic mass is 9.89. The summed E-state index contributed by atoms with van der Waals surface area (Å²) in [5.41, 5.74) is 8.69. The first-order valence-corrected chi connectivity index (χ1v) is 11.7. The van der Waals surface area contributed by atoms with Crippen LogP contribution in [0.25, 0.3) is 10.4 Å². The number of thioether (sulfide) groups is 1. The minimum absolute atomic E-state index is 0.311. The average molecular weight is 513 g/mol. The number of hydrogen-bond donors (Lipinski definition) is 4. The fourth-order valence-corrected chi connectivity index (χ4v) is 4.74. The van der Waals surface area contributed by atoms with Gasteiger partial charge in [-0.3, -0.25) is 0 Å². The van der Waals surface area contributed by atoms with Crippen molar-refractivity contribution in [3.8, 4) is 0 Å². The molecule has 0 spiro atoms. The zero-order valence-electron chi connectivity index (χ0n) is 20.2. The smallest absolute Gasteiger partial charge is 0.408 e. The summed E-state index contributed by atoms with van der Waals surface area (Å²) in [7, 11) is 1.16. The van der Waals surface area contributed by atoms with E-state index in [2.05, 4.69) is 15.3 Å². The molecule has 1 aliphatic heterocycles. The molecule has 194 valence electrons. The van der Waals surface area contributed by atoms with E-state index in [1.54, 1.807) is 32.9 Å². The first-order chi connectivity index (χ1) is 16.3. The Morgan fingerprint density at radius 2 is 1.97 bits per heavy atom. The van der Waals surface area contributed by atoms with E-state index in [1.165, 1.54) is 0 Å². The van der Waals surface area contributed by atoms with Crippen molar-refractivity contribution >= 4 is 23.8 Å². The molecule has 1 heterocycles. The standard InChI is InChI=1S/C22H32N4O8S/c1-12-6-8-13(9-7-12)35-22(19(30)32-5)10-14(27)16(25-20(31)34-21(2,3)4)18(33-22)17(29)15(28)11-24-26-23/h6-9,14-18,27-29H,10-11H2,1-5H3,(H,25,31)/t14-,15+,16+,17+,18+,22-/m0/s1. The molecule has 12 nitrogen and oxygen atoms in total. The van der Waals surface area contributed by atoms with Crippen molar-refractivity contribution in [2.24, 2.45) is 5.11 Å². The van der Waals surface area contributed by atoms with Crippen LogP contribution in [-0.4, -0.2) is 82.0 Å². The first kappa shape index (κ1) is 28.7. The van der Waals surface area contributed by atoms with Gasteiger partial charge in [0.15, 0.2) is 0 Å². The zero-order valence-corrected chi connectivity index (χ0v) is 21.1. The maximum absolute atomic E-state index is 12.9. The number of carbonyl (C=O) groups is 2. The number of aliphatic hydroxyl groups is 3. The minimum atomic E-state index is -1.82. The quantitative estimate of drug-likeness (QED) is 0.175. The van der Waals surface area contributed by atoms with Gasteiger partial charge in [0, 0.05) is 16.2 Å². The molecule has 2 rings (SSSR count). The van der Waals surface area contributed by atoms with Gasteiger partial charge in [0.1, 0.15) is 17.8 Å². The monoisotopic (exact) mass is 512 g/mol. The summed E-state index contributed by atoms with van der Waals surface area (Å²) >= 11 is 0.963. The number of benzene rings is 1. The highest BCUT2D eigenvalue weighted by molar-refractivity contribution is 8.01. The van der Waals surface area contributed by atoms with Gasteiger partial charge in [0.2, 0.25) is 4.93 Å². The van der Waals surface area contributed by atoms with E-state index in [-0.39, 0.29) is 6.42 Å². The van der Waals surface area contributed by atoms with Crippen LogP contribution in [0.1, 0.15) is 32.8 Å². The molecule has 35 heavy (non-hydrogen) atoms. The van der Waals surface area contributed by atoms with Crippen molar-refractivity contribution in [1.82, 2.24) is 5.32 Å². The topological polar surface area (TPSA) is 183 Å². The number of hydrogen-bond acceptors (Lipinski definition) is 10. The molecule has 0 bridgehead atoms. The maximum atomic E-state index is 12.9. The molecule has 0 radical (unpaired) electrons. The Hall–Kier alpha value is -2.54. The molecule has 1 fully saturated rings. The lowest BCUT2D eigenvalue weighted by molar-refractivity contribution is -0.203. The molecule has 1 saturated heterocycles. The number of aliphatic hydroxyl groups excluding tert-OH is 3. The number of ether oxygens (including phenoxy) is 3. The van der Waals surface area contributed by atoms with Gasteiger partial charge in [-0.25, -0.2) is 9.59 Å². The predicted molar refractivity (Wildman–Crippen MR) is 126 cm³/mol. The van der Waals surface area contributed by atoms with Crippen molar-refractivity contribution in [2.75, 3.05) is 13.7 Å². The number of rotatable bonds is 8. The third-order valence-corrected chi connectivity index (χ3v) is 6.39. The maximum Gasteiger partial charge on any atom is 0.408 e. The van der Waals surface area contributed by atoms with Crippen molar-refractivity contribution in [2.45, 2.75) is 80.0 Å². The molecule has 0 aromatic heterocycles. The molecular formula is C22H32N4O8S. The summed E-state index contributed by atoms with van der Waals surface area (Å²) < 4.78 is 16.3. The van der Waals surface area contributed by atoms with Crippen LogP contribution in [0.3, 0.4) is 0 Å². The third-order valence-electron chi connectivity index (χ3n) is 5.12. The molecule has 4 N–H and O–H groups in total. The second kappa shape index (κ2) is 11.9. The van der Waals surface area contributed by atoms with Crippen molar-refractivity contribution < 1.29 is 39.1 Å². The fourth-order valence-electron chi connectivity index (χ4n) is 3.50. The number of esters is 1. The van der Waals surface area contributed by atoms with Gasteiger partial charge in [-0.05, 0) is 45.4 Å². The van der Waals surface area contributed by atoms with Crippen LogP contribution in [0, 0.1) is 6.92 Å². The molecule has 1 aromatic rings. The largest absolute Gasteiger partial charge is 0.466 e. The summed E-state index contributed by atoms with van der Waals surface area (Å²) in [6, 6.07) is 5.89. The second-order valence-corrected chi connectivity index (χ2v) is 10.5. The molecule has 1 aromatic carbocycles. The van der Waals surface area contributed by atoms with Crippen LogP contribution in [0.15, 0.2) is 34.3 Å². The second-order valence-electron chi connectivity index (χ2n) is 9.16. The number of methoxy groups -OCH3 is 1. The average Bonchev–Trinajstić information content (AvgIpc) is 2.78. The van der Waals surface area contributed by atoms with Crippen molar-refractivity contribution in [1.29, 1.82) is 0 Å². The number of carbonyl (C=O) groups excluding carboxylic acids is 2. The number of amides is 1. The summed E-state index contributed by atoms with van der Waals surface area (Å²) in [6.07, 6.45) is -7.52. The highest BCUT2D eigenvalue weighted by Crippen LogP contribution is 2.44. The Morgan fingerprint density at radius 3 is 2.51 bits per heavy atom. The van der Waals surface area contributed by atoms with Gasteiger partial charge in [0.25, 0.3) is 0 Å². The summed E-state index contributed by atoms with van der Waals surface area (Å²) in [6.45, 7) is 6.34. The van der Waals surface area contributed by atoms with Gasteiger partial charge in [-0.15, -0.1) is 0 Å². The normalized spacial score (nSPS) is 26.1. The third kappa shape index (κ3) is 7.72. The summed E-state index contributed by atoms with van der Waals surface area (Å²) in [5, 5.41) is 38.0. The highest BCUT2D eigenvalue weighted by atomic mass is 32.2. The summed E-state index contributed by atoms with van der Waals surface area (Å²) in [5.74, 6) is -0.834. The van der Waals surface area contributed by atoms with Gasteiger partial charge in [-0.1, -0.05) is 34.6 Å². The van der Waals surface area contributed by atoms with E-state index in [1.807, 2.05) is 19.1 Å². The first-order valence-electron chi connectivity index (χ1n) is 10.9. The van der Waals surface area contributed by atoms with E-state index in [9.17, 15) is 24.9 Å². The van der Waals surface area contributed by atoms with Crippen LogP contribution in [0.2, 0.25) is 0 Å². The Bertz CT molecular complexity index is 934. The number of aryl methyl sites for hydroxylation is 1. The summed E-state index contributed by atoms with van der Waals surface area (Å²) in [4.78, 5) is 26.7. The Kier molecular flexibility index (Phi) is 9.78. The lowest BCUT2D eigenvalue weighted by Crippen LogP contribution is -2.66. The Balaban J connectivity index is 2.45. The SMILES string of the molecule is COC(=O)[C@@]1(Sc2ccc(C)cc2)C[C@H](O)[C@@H](NC(=O)OC(C)(C)C)[C@H]([C@H](O)[C@H](O)CN=[N+]=[N-])O1. The lowest BCUT2D eigenvalue weighted by Gasteiger charge is -2.47. The number of nitrogens with zero attached hydrogens (tertiary/aromatic N) is 3. The molecular weight excluding hydrogens is 480 g/mol. The highest BCUT2D eigenvalue weighted by Gasteiger charge is 2.56. The molecule has 0 aliphatic carbocycles. The number of nitrogens with one attached hydrogen (secondary N) is 1. The molecule has 1 aliphatic rings. The number of alkyl carbamates (subject to hydrolysis) is 1. The van der Waals surface area contributed by atoms with Crippen LogP contribution in [0.5, 0.6) is 0 Å². The Morgan fingerprint density at radius 1 is 1.34 bits per heavy atom. The van der Waals surface area contributed by atoms with Crippen LogP contribution < -0.4 is 5.32 Å². The van der Waals surface area contributed by atoms with Gasteiger partial charge in [-0.2, -0.15) is 0 Å². The molecule has 0 unspecified atom stereocenters. The van der Waals surface area contributed by atoms with E-state index >= 15 is 0 Å². The van der Waals surface area contributed by atoms with E-state index in [0.29, 0.717) is 4.90 Å².